The van der Waals surface area contributed by atoms with Crippen molar-refractivity contribution < 1.29 is 9.47 Å². The fourth-order valence-corrected chi connectivity index (χ4v) is 3.80. The molecule has 0 saturated heterocycles. The zero-order valence-corrected chi connectivity index (χ0v) is 15.5. The summed E-state index contributed by atoms with van der Waals surface area (Å²) in [5.41, 5.74) is 2.01. The number of hydrogen-bond acceptors (Lipinski definition) is 5. The second kappa shape index (κ2) is 6.78. The summed E-state index contributed by atoms with van der Waals surface area (Å²) in [4.78, 5) is 0. The lowest BCUT2D eigenvalue weighted by Crippen LogP contribution is -1.95. The first-order valence-electron chi connectivity index (χ1n) is 7.48. The molecule has 2 heterocycles. The van der Waals surface area contributed by atoms with Gasteiger partial charge in [-0.3, -0.25) is 0 Å². The molecule has 0 spiro atoms. The molecule has 0 amide bonds. The Hall–Kier alpha value is -1.89. The zero-order chi connectivity index (χ0) is 17.4. The van der Waals surface area contributed by atoms with Crippen molar-refractivity contribution in [2.75, 3.05) is 6.79 Å². The average Bonchev–Trinajstić information content (AvgIpc) is 3.21. The number of ether oxygens (including phenoxy) is 2. The largest absolute Gasteiger partial charge is 0.454 e. The summed E-state index contributed by atoms with van der Waals surface area (Å²) >= 11 is 13.7. The van der Waals surface area contributed by atoms with E-state index in [1.165, 1.54) is 0 Å². The molecule has 128 valence electrons. The van der Waals surface area contributed by atoms with Gasteiger partial charge < -0.3 is 14.0 Å². The molecular weight excluding hydrogens is 381 g/mol. The standard InChI is InChI=1S/C17H13Cl2N3O2S/c1-22-16(11-2-4-12(18)5-3-11)20-21-17(22)25-8-10-6-13(19)15-14(7-10)23-9-24-15/h2-7H,8-9H2,1H3. The first-order valence-corrected chi connectivity index (χ1v) is 9.22. The molecule has 3 aromatic rings. The second-order valence-corrected chi connectivity index (χ2v) is 7.26. The lowest BCUT2D eigenvalue weighted by molar-refractivity contribution is 0.174. The van der Waals surface area contributed by atoms with Gasteiger partial charge in [0.1, 0.15) is 0 Å². The van der Waals surface area contributed by atoms with Crippen LogP contribution in [-0.4, -0.2) is 21.6 Å². The molecule has 1 aromatic heterocycles. The third-order valence-corrected chi connectivity index (χ3v) is 5.42. The highest BCUT2D eigenvalue weighted by Crippen LogP contribution is 2.40. The Morgan fingerprint density at radius 1 is 1.12 bits per heavy atom. The van der Waals surface area contributed by atoms with Crippen molar-refractivity contribution in [2.24, 2.45) is 7.05 Å². The molecule has 5 nitrogen and oxygen atoms in total. The Labute approximate surface area is 158 Å². The van der Waals surface area contributed by atoms with Gasteiger partial charge in [-0.15, -0.1) is 10.2 Å². The summed E-state index contributed by atoms with van der Waals surface area (Å²) < 4.78 is 12.7. The van der Waals surface area contributed by atoms with E-state index in [-0.39, 0.29) is 6.79 Å². The van der Waals surface area contributed by atoms with E-state index in [0.29, 0.717) is 27.3 Å². The van der Waals surface area contributed by atoms with E-state index in [9.17, 15) is 0 Å². The molecule has 0 atom stereocenters. The van der Waals surface area contributed by atoms with E-state index in [1.807, 2.05) is 48.0 Å². The fraction of sp³-hybridized carbons (Fsp3) is 0.176. The first kappa shape index (κ1) is 16.6. The van der Waals surface area contributed by atoms with E-state index >= 15 is 0 Å². The first-order chi connectivity index (χ1) is 12.1. The Balaban J connectivity index is 1.52. The lowest BCUT2D eigenvalue weighted by Gasteiger charge is -2.06. The quantitative estimate of drug-likeness (QED) is 0.595. The highest BCUT2D eigenvalue weighted by molar-refractivity contribution is 7.98. The summed E-state index contributed by atoms with van der Waals surface area (Å²) in [6, 6.07) is 11.4. The van der Waals surface area contributed by atoms with E-state index in [1.54, 1.807) is 11.8 Å². The molecule has 2 aromatic carbocycles. The Bertz CT molecular complexity index is 928. The molecule has 0 radical (unpaired) electrons. The highest BCUT2D eigenvalue weighted by Gasteiger charge is 2.19. The summed E-state index contributed by atoms with van der Waals surface area (Å²) in [6.45, 7) is 0.208. The van der Waals surface area contributed by atoms with Crippen molar-refractivity contribution in [1.29, 1.82) is 0 Å². The van der Waals surface area contributed by atoms with E-state index in [4.69, 9.17) is 32.7 Å². The number of thioether (sulfide) groups is 1. The van der Waals surface area contributed by atoms with Gasteiger partial charge in [-0.05, 0) is 42.0 Å². The Kier molecular flexibility index (Phi) is 4.50. The molecular formula is C17H13Cl2N3O2S. The topological polar surface area (TPSA) is 49.2 Å². The predicted molar refractivity (Wildman–Crippen MR) is 98.6 cm³/mol. The smallest absolute Gasteiger partial charge is 0.231 e. The van der Waals surface area contributed by atoms with Crippen LogP contribution in [0.15, 0.2) is 41.6 Å². The number of halogens is 2. The third kappa shape index (κ3) is 3.29. The van der Waals surface area contributed by atoms with Crippen LogP contribution >= 0.6 is 35.0 Å². The molecule has 0 unspecified atom stereocenters. The van der Waals surface area contributed by atoms with Crippen LogP contribution in [0.25, 0.3) is 11.4 Å². The minimum absolute atomic E-state index is 0.208. The van der Waals surface area contributed by atoms with Crippen molar-refractivity contribution in [3.8, 4) is 22.9 Å². The molecule has 25 heavy (non-hydrogen) atoms. The van der Waals surface area contributed by atoms with Gasteiger partial charge in [-0.25, -0.2) is 0 Å². The number of fused-ring (bicyclic) bond motifs is 1. The van der Waals surface area contributed by atoms with Crippen molar-refractivity contribution in [2.45, 2.75) is 10.9 Å². The summed E-state index contributed by atoms with van der Waals surface area (Å²) in [7, 11) is 1.94. The molecule has 0 fully saturated rings. The zero-order valence-electron chi connectivity index (χ0n) is 13.2. The average molecular weight is 394 g/mol. The number of hydrogen-bond donors (Lipinski definition) is 0. The summed E-state index contributed by atoms with van der Waals surface area (Å²) in [6.07, 6.45) is 0. The van der Waals surface area contributed by atoms with Gasteiger partial charge in [-0.2, -0.15) is 0 Å². The van der Waals surface area contributed by atoms with Gasteiger partial charge in [0.15, 0.2) is 22.5 Å². The van der Waals surface area contributed by atoms with E-state index < -0.39 is 0 Å². The van der Waals surface area contributed by atoms with E-state index in [2.05, 4.69) is 10.2 Å². The SMILES string of the molecule is Cn1c(SCc2cc(Cl)c3c(c2)OCO3)nnc1-c1ccc(Cl)cc1. The maximum Gasteiger partial charge on any atom is 0.231 e. The number of benzene rings is 2. The number of nitrogens with zero attached hydrogens (tertiary/aromatic N) is 3. The van der Waals surface area contributed by atoms with Crippen LogP contribution in [0.3, 0.4) is 0 Å². The van der Waals surface area contributed by atoms with Crippen molar-refractivity contribution in [3.63, 3.8) is 0 Å². The summed E-state index contributed by atoms with van der Waals surface area (Å²) in [5, 5.41) is 10.6. The van der Waals surface area contributed by atoms with E-state index in [0.717, 1.165) is 22.1 Å². The van der Waals surface area contributed by atoms with Crippen LogP contribution < -0.4 is 9.47 Å². The maximum absolute atomic E-state index is 6.23. The van der Waals surface area contributed by atoms with Gasteiger partial charge in [0.05, 0.1) is 5.02 Å². The third-order valence-electron chi connectivity index (χ3n) is 3.79. The summed E-state index contributed by atoms with van der Waals surface area (Å²) in [5.74, 6) is 2.79. The van der Waals surface area contributed by atoms with Gasteiger partial charge in [-0.1, -0.05) is 35.0 Å². The minimum atomic E-state index is 0.208. The Morgan fingerprint density at radius 2 is 1.92 bits per heavy atom. The molecule has 4 rings (SSSR count). The maximum atomic E-state index is 6.23. The van der Waals surface area contributed by atoms with Crippen molar-refractivity contribution in [3.05, 3.63) is 52.0 Å². The number of aromatic nitrogens is 3. The van der Waals surface area contributed by atoms with Crippen LogP contribution in [-0.2, 0) is 12.8 Å². The highest BCUT2D eigenvalue weighted by atomic mass is 35.5. The van der Waals surface area contributed by atoms with Crippen molar-refractivity contribution >= 4 is 35.0 Å². The fourth-order valence-electron chi connectivity index (χ4n) is 2.54. The molecule has 8 heteroatoms. The normalized spacial score (nSPS) is 12.6. The van der Waals surface area contributed by atoms with Crippen LogP contribution in [0.4, 0.5) is 0 Å². The number of rotatable bonds is 4. The van der Waals surface area contributed by atoms with Gasteiger partial charge in [0, 0.05) is 23.4 Å². The van der Waals surface area contributed by atoms with Gasteiger partial charge >= 0.3 is 0 Å². The molecule has 0 saturated carbocycles. The van der Waals surface area contributed by atoms with Gasteiger partial charge in [0.2, 0.25) is 6.79 Å². The predicted octanol–water partition coefficient (Wildman–Crippen LogP) is 4.81. The lowest BCUT2D eigenvalue weighted by atomic mass is 10.2. The van der Waals surface area contributed by atoms with Crippen LogP contribution in [0.2, 0.25) is 10.0 Å². The molecule has 1 aliphatic heterocycles. The molecule has 0 aliphatic carbocycles. The van der Waals surface area contributed by atoms with Crippen LogP contribution in [0.5, 0.6) is 11.5 Å². The van der Waals surface area contributed by atoms with Crippen LogP contribution in [0.1, 0.15) is 5.56 Å². The Morgan fingerprint density at radius 3 is 2.72 bits per heavy atom. The minimum Gasteiger partial charge on any atom is -0.454 e. The monoisotopic (exact) mass is 393 g/mol. The van der Waals surface area contributed by atoms with Crippen molar-refractivity contribution in [1.82, 2.24) is 14.8 Å². The van der Waals surface area contributed by atoms with Crippen LogP contribution in [0, 0.1) is 0 Å². The molecule has 1 aliphatic rings. The van der Waals surface area contributed by atoms with Gasteiger partial charge in [0.25, 0.3) is 0 Å². The molecule has 0 N–H and O–H groups in total. The molecule has 0 bridgehead atoms. The second-order valence-electron chi connectivity index (χ2n) is 5.47.